The molecule has 9 heteroatoms. The maximum absolute atomic E-state index is 14.4. The zero-order valence-corrected chi connectivity index (χ0v) is 25.0. The molecule has 0 aliphatic carbocycles. The number of nitrogens with one attached hydrogen (secondary N) is 2. The third-order valence-corrected chi connectivity index (χ3v) is 6.78. The van der Waals surface area contributed by atoms with Crippen LogP contribution in [0.4, 0.5) is 10.5 Å². The Balaban J connectivity index is 1.73. The Morgan fingerprint density at radius 3 is 2.23 bits per heavy atom. The largest absolute Gasteiger partial charge is 0.508 e. The number of rotatable bonds is 10. The summed E-state index contributed by atoms with van der Waals surface area (Å²) in [7, 11) is 0. The molecule has 3 amide bonds. The van der Waals surface area contributed by atoms with E-state index in [0.717, 1.165) is 10.8 Å². The average Bonchev–Trinajstić information content (AvgIpc) is 2.97. The number of para-hydroxylation sites is 1. The lowest BCUT2D eigenvalue weighted by Crippen LogP contribution is -2.53. The number of hydrogen-bond acceptors (Lipinski definition) is 6. The summed E-state index contributed by atoms with van der Waals surface area (Å²) >= 11 is 0. The van der Waals surface area contributed by atoms with Gasteiger partial charge < -0.3 is 30.5 Å². The van der Waals surface area contributed by atoms with Crippen LogP contribution in [0.2, 0.25) is 0 Å². The summed E-state index contributed by atoms with van der Waals surface area (Å²) in [6.07, 6.45) is 0.693. The van der Waals surface area contributed by atoms with E-state index >= 15 is 0 Å². The van der Waals surface area contributed by atoms with Gasteiger partial charge in [0.15, 0.2) is 0 Å². The molecule has 4 N–H and O–H groups in total. The maximum Gasteiger partial charge on any atom is 0.408 e. The third kappa shape index (κ3) is 8.16. The molecule has 4 aromatic rings. The Morgan fingerprint density at radius 2 is 1.57 bits per heavy atom. The van der Waals surface area contributed by atoms with Gasteiger partial charge in [-0.05, 0) is 67.4 Å². The molecule has 228 valence electrons. The van der Waals surface area contributed by atoms with Crippen LogP contribution < -0.4 is 10.6 Å². The van der Waals surface area contributed by atoms with Gasteiger partial charge in [0.1, 0.15) is 29.2 Å². The number of carbonyl (C=O) groups excluding carboxylic acids is 3. The number of carbonyl (C=O) groups is 3. The van der Waals surface area contributed by atoms with Crippen LogP contribution in [0.3, 0.4) is 0 Å². The van der Waals surface area contributed by atoms with Crippen molar-refractivity contribution in [3.05, 3.63) is 115 Å². The first-order valence-electron chi connectivity index (χ1n) is 14.2. The number of anilines is 1. The van der Waals surface area contributed by atoms with E-state index in [2.05, 4.69) is 17.2 Å². The van der Waals surface area contributed by atoms with Crippen molar-refractivity contribution in [1.29, 1.82) is 0 Å². The smallest absolute Gasteiger partial charge is 0.408 e. The molecule has 44 heavy (non-hydrogen) atoms. The van der Waals surface area contributed by atoms with Gasteiger partial charge in [0.05, 0.1) is 0 Å². The Labute approximate surface area is 256 Å². The monoisotopic (exact) mass is 595 g/mol. The lowest BCUT2D eigenvalue weighted by atomic mass is 9.99. The number of phenolic OH excluding ortho intramolecular Hbond substituents is 2. The highest BCUT2D eigenvalue weighted by Crippen LogP contribution is 2.31. The molecule has 0 radical (unpaired) electrons. The lowest BCUT2D eigenvalue weighted by Gasteiger charge is -2.34. The highest BCUT2D eigenvalue weighted by Gasteiger charge is 2.37. The predicted molar refractivity (Wildman–Crippen MR) is 170 cm³/mol. The van der Waals surface area contributed by atoms with E-state index in [1.165, 1.54) is 29.2 Å². The number of amides is 3. The molecular weight excluding hydrogens is 558 g/mol. The van der Waals surface area contributed by atoms with Crippen molar-refractivity contribution in [2.45, 2.75) is 44.9 Å². The van der Waals surface area contributed by atoms with Crippen LogP contribution in [-0.2, 0) is 20.7 Å². The Bertz CT molecular complexity index is 1640. The molecule has 0 aliphatic rings. The van der Waals surface area contributed by atoms with Crippen molar-refractivity contribution < 1.29 is 29.3 Å². The van der Waals surface area contributed by atoms with Gasteiger partial charge in [0.25, 0.3) is 5.91 Å². The molecule has 0 saturated heterocycles. The van der Waals surface area contributed by atoms with E-state index < -0.39 is 35.6 Å². The standard InChI is InChI=1S/C35H37N3O6/c1-5-20-38(33(42)29(37-34(43)44-35(2,3)4)21-23-14-18-27(39)19-15-23)31(28-12-8-9-13-30(28)40)32(41)36-26-17-16-24-10-6-7-11-25(24)22-26/h5-19,22,29,31,39-40H,1,20-21H2,2-4H3,(H,36,41)(H,37,43). The van der Waals surface area contributed by atoms with E-state index in [9.17, 15) is 24.6 Å². The quantitative estimate of drug-likeness (QED) is 0.165. The van der Waals surface area contributed by atoms with Gasteiger partial charge in [0, 0.05) is 24.2 Å². The summed E-state index contributed by atoms with van der Waals surface area (Å²) in [4.78, 5) is 42.6. The molecule has 0 fully saturated rings. The van der Waals surface area contributed by atoms with Crippen molar-refractivity contribution in [2.75, 3.05) is 11.9 Å². The topological polar surface area (TPSA) is 128 Å². The SMILES string of the molecule is C=CCN(C(=O)C(Cc1ccc(O)cc1)NC(=O)OC(C)(C)C)C(C(=O)Nc1ccc2ccccc2c1)c1ccccc1O. The van der Waals surface area contributed by atoms with E-state index in [4.69, 9.17) is 4.74 Å². The van der Waals surface area contributed by atoms with Gasteiger partial charge in [-0.3, -0.25) is 9.59 Å². The highest BCUT2D eigenvalue weighted by atomic mass is 16.6. The van der Waals surface area contributed by atoms with Gasteiger partial charge in [-0.1, -0.05) is 66.7 Å². The van der Waals surface area contributed by atoms with Crippen molar-refractivity contribution >= 4 is 34.4 Å². The number of ether oxygens (including phenoxy) is 1. The van der Waals surface area contributed by atoms with Crippen LogP contribution in [-0.4, -0.2) is 51.2 Å². The molecular formula is C35H37N3O6. The Kier molecular flexibility index (Phi) is 9.90. The minimum atomic E-state index is -1.30. The van der Waals surface area contributed by atoms with E-state index in [-0.39, 0.29) is 30.0 Å². The Hall–Kier alpha value is -5.31. The summed E-state index contributed by atoms with van der Waals surface area (Å²) in [5, 5.41) is 28.1. The number of aromatic hydroxyl groups is 2. The van der Waals surface area contributed by atoms with Crippen LogP contribution in [0.25, 0.3) is 10.8 Å². The molecule has 2 unspecified atom stereocenters. The van der Waals surface area contributed by atoms with Gasteiger partial charge >= 0.3 is 6.09 Å². The number of alkyl carbamates (subject to hydrolysis) is 1. The molecule has 0 bridgehead atoms. The first-order valence-corrected chi connectivity index (χ1v) is 14.2. The second-order valence-corrected chi connectivity index (χ2v) is 11.4. The molecule has 0 spiro atoms. The number of hydrogen-bond donors (Lipinski definition) is 4. The number of benzene rings is 4. The molecule has 0 heterocycles. The fourth-order valence-electron chi connectivity index (χ4n) is 4.83. The Morgan fingerprint density at radius 1 is 0.909 bits per heavy atom. The first-order chi connectivity index (χ1) is 20.9. The second-order valence-electron chi connectivity index (χ2n) is 11.4. The third-order valence-electron chi connectivity index (χ3n) is 6.78. The molecule has 9 nitrogen and oxygen atoms in total. The van der Waals surface area contributed by atoms with Crippen LogP contribution in [0.15, 0.2) is 104 Å². The van der Waals surface area contributed by atoms with Gasteiger partial charge in [-0.15, -0.1) is 6.58 Å². The molecule has 4 aromatic carbocycles. The van der Waals surface area contributed by atoms with Crippen LogP contribution in [0, 0.1) is 0 Å². The van der Waals surface area contributed by atoms with Crippen molar-refractivity contribution in [3.8, 4) is 11.5 Å². The molecule has 0 saturated carbocycles. The second kappa shape index (κ2) is 13.8. The van der Waals surface area contributed by atoms with Gasteiger partial charge in [-0.25, -0.2) is 4.79 Å². The zero-order valence-electron chi connectivity index (χ0n) is 25.0. The first kappa shape index (κ1) is 31.6. The van der Waals surface area contributed by atoms with Gasteiger partial charge in [-0.2, -0.15) is 0 Å². The fraction of sp³-hybridized carbons (Fsp3) is 0.229. The average molecular weight is 596 g/mol. The molecule has 0 aromatic heterocycles. The van der Waals surface area contributed by atoms with E-state index in [1.54, 1.807) is 57.2 Å². The summed E-state index contributed by atoms with van der Waals surface area (Å²) in [5.41, 5.74) is 0.527. The van der Waals surface area contributed by atoms with Crippen LogP contribution in [0.1, 0.15) is 37.9 Å². The number of phenols is 2. The molecule has 4 rings (SSSR count). The van der Waals surface area contributed by atoms with Crippen molar-refractivity contribution in [2.24, 2.45) is 0 Å². The zero-order chi connectivity index (χ0) is 31.9. The summed E-state index contributed by atoms with van der Waals surface area (Å²) in [5.74, 6) is -1.30. The van der Waals surface area contributed by atoms with Crippen LogP contribution >= 0.6 is 0 Å². The van der Waals surface area contributed by atoms with E-state index in [1.807, 2.05) is 36.4 Å². The molecule has 2 atom stereocenters. The predicted octanol–water partition coefficient (Wildman–Crippen LogP) is 6.08. The number of nitrogens with zero attached hydrogens (tertiary/aromatic N) is 1. The molecule has 0 aliphatic heterocycles. The minimum Gasteiger partial charge on any atom is -0.508 e. The fourth-order valence-corrected chi connectivity index (χ4v) is 4.83. The lowest BCUT2D eigenvalue weighted by molar-refractivity contribution is -0.140. The van der Waals surface area contributed by atoms with Crippen molar-refractivity contribution in [1.82, 2.24) is 10.2 Å². The van der Waals surface area contributed by atoms with E-state index in [0.29, 0.717) is 11.3 Å². The van der Waals surface area contributed by atoms with Crippen molar-refractivity contribution in [3.63, 3.8) is 0 Å². The summed E-state index contributed by atoms with van der Waals surface area (Å²) < 4.78 is 5.44. The summed E-state index contributed by atoms with van der Waals surface area (Å²) in [6, 6.07) is 23.2. The maximum atomic E-state index is 14.4. The minimum absolute atomic E-state index is 0.0335. The normalized spacial score (nSPS) is 12.5. The van der Waals surface area contributed by atoms with Crippen LogP contribution in [0.5, 0.6) is 11.5 Å². The highest BCUT2D eigenvalue weighted by molar-refractivity contribution is 6.00. The number of fused-ring (bicyclic) bond motifs is 1. The van der Waals surface area contributed by atoms with Gasteiger partial charge in [0.2, 0.25) is 5.91 Å². The summed E-state index contributed by atoms with van der Waals surface area (Å²) in [6.45, 7) is 8.84.